The average molecular weight is 1060 g/mol. The number of hydrogen-bond acceptors (Lipinski definition) is 14. The van der Waals surface area contributed by atoms with Crippen molar-refractivity contribution in [1.82, 2.24) is 69.9 Å². The first kappa shape index (κ1) is 49.0. The normalized spacial score (nSPS) is 11.1. The molecule has 0 saturated heterocycles. The number of rotatable bonds is 9. The number of nitrogens with one attached hydrogen (secondary N) is 2. The molecule has 10 rings (SSSR count). The summed E-state index contributed by atoms with van der Waals surface area (Å²) in [5.74, 6) is 3.54. The molecule has 0 atom stereocenters. The van der Waals surface area contributed by atoms with E-state index in [9.17, 15) is 0 Å². The van der Waals surface area contributed by atoms with Crippen molar-refractivity contribution in [3.05, 3.63) is 153 Å². The summed E-state index contributed by atoms with van der Waals surface area (Å²) in [4.78, 5) is 27.1. The van der Waals surface area contributed by atoms with Crippen molar-refractivity contribution in [3.63, 3.8) is 0 Å². The first-order chi connectivity index (χ1) is 33.5. The predicted molar refractivity (Wildman–Crippen MR) is 284 cm³/mol. The van der Waals surface area contributed by atoms with Crippen LogP contribution in [-0.2, 0) is 14.1 Å². The Kier molecular flexibility index (Phi) is 15.0. The first-order valence-corrected chi connectivity index (χ1v) is 24.1. The molecular formula is C52H52Br2N16. The Bertz CT molecular complexity index is 3430. The molecule has 354 valence electrons. The van der Waals surface area contributed by atoms with Gasteiger partial charge >= 0.3 is 0 Å². The van der Waals surface area contributed by atoms with Crippen molar-refractivity contribution in [2.45, 2.75) is 67.2 Å². The van der Waals surface area contributed by atoms with Gasteiger partial charge in [-0.3, -0.25) is 29.3 Å². The van der Waals surface area contributed by atoms with E-state index in [1.165, 1.54) is 0 Å². The van der Waals surface area contributed by atoms with Crippen molar-refractivity contribution in [1.29, 1.82) is 0 Å². The van der Waals surface area contributed by atoms with Crippen LogP contribution in [0.1, 0.15) is 73.4 Å². The van der Waals surface area contributed by atoms with Gasteiger partial charge in [-0.25, -0.2) is 9.97 Å². The Morgan fingerprint density at radius 2 is 0.943 bits per heavy atom. The number of hydrogen-bond donors (Lipinski definition) is 2. The summed E-state index contributed by atoms with van der Waals surface area (Å²) in [6.45, 7) is 16.5. The molecule has 10 heterocycles. The van der Waals surface area contributed by atoms with Gasteiger partial charge in [-0.15, -0.1) is 10.2 Å². The Labute approximate surface area is 423 Å². The molecule has 0 aliphatic rings. The van der Waals surface area contributed by atoms with Crippen LogP contribution in [0, 0.1) is 27.7 Å². The van der Waals surface area contributed by atoms with Gasteiger partial charge in [-0.2, -0.15) is 20.4 Å². The molecule has 0 aliphatic carbocycles. The fraction of sp³-hybridized carbons (Fsp3) is 0.231. The second-order valence-corrected chi connectivity index (χ2v) is 19.3. The molecule has 0 bridgehead atoms. The van der Waals surface area contributed by atoms with Gasteiger partial charge in [-0.05, 0) is 155 Å². The molecule has 0 radical (unpaired) electrons. The first-order valence-electron chi connectivity index (χ1n) is 22.6. The number of anilines is 4. The molecule has 0 fully saturated rings. The minimum atomic E-state index is 0.369. The Morgan fingerprint density at radius 1 is 0.471 bits per heavy atom. The van der Waals surface area contributed by atoms with Crippen LogP contribution >= 0.6 is 31.9 Å². The van der Waals surface area contributed by atoms with Gasteiger partial charge in [0.15, 0.2) is 11.6 Å². The van der Waals surface area contributed by atoms with Gasteiger partial charge in [0.2, 0.25) is 0 Å². The predicted octanol–water partition coefficient (Wildman–Crippen LogP) is 12.3. The number of nitrogens with zero attached hydrogens (tertiary/aromatic N) is 14. The monoisotopic (exact) mass is 1060 g/mol. The lowest BCUT2D eigenvalue weighted by molar-refractivity contribution is 0.770. The molecule has 0 aromatic carbocycles. The fourth-order valence-corrected chi connectivity index (χ4v) is 8.49. The molecule has 10 aromatic heterocycles. The zero-order valence-corrected chi connectivity index (χ0v) is 43.7. The SMILES string of the molecule is CC(C)c1cnnc(Nc2ccc3ncc(Br)cc3n2)c1.Cc1cc(-c2nn(C)cc2-c2cnc3ccc(Nc4cc(C(C)C)cnn4)nc3c2)cc(C)n1.Cc1cc(-c2nn(C)cc2Br)cc(C)n1. The maximum Gasteiger partial charge on any atom is 0.154 e. The summed E-state index contributed by atoms with van der Waals surface area (Å²) in [7, 11) is 3.84. The van der Waals surface area contributed by atoms with Gasteiger partial charge in [0, 0.05) is 88.4 Å². The zero-order chi connectivity index (χ0) is 49.6. The van der Waals surface area contributed by atoms with Crippen molar-refractivity contribution in [2.75, 3.05) is 10.6 Å². The largest absolute Gasteiger partial charge is 0.323 e. The van der Waals surface area contributed by atoms with E-state index in [0.717, 1.165) is 104 Å². The topological polar surface area (TPSA) is 189 Å². The fourth-order valence-electron chi connectivity index (χ4n) is 7.57. The molecule has 0 unspecified atom stereocenters. The van der Waals surface area contributed by atoms with Crippen LogP contribution in [0.4, 0.5) is 23.3 Å². The molecule has 0 saturated carbocycles. The number of halogens is 2. The maximum atomic E-state index is 4.79. The summed E-state index contributed by atoms with van der Waals surface area (Å²) in [5, 5.41) is 32.0. The smallest absolute Gasteiger partial charge is 0.154 e. The highest BCUT2D eigenvalue weighted by Gasteiger charge is 2.16. The van der Waals surface area contributed by atoms with E-state index in [1.807, 2.05) is 126 Å². The highest BCUT2D eigenvalue weighted by molar-refractivity contribution is 9.10. The molecule has 0 spiro atoms. The second kappa shape index (κ2) is 21.5. The molecule has 10 aromatic rings. The third-order valence-corrected chi connectivity index (χ3v) is 11.9. The van der Waals surface area contributed by atoms with E-state index in [1.54, 1.807) is 23.3 Å². The number of aryl methyl sites for hydroxylation is 6. The van der Waals surface area contributed by atoms with E-state index in [4.69, 9.17) is 10.1 Å². The lowest BCUT2D eigenvalue weighted by Gasteiger charge is -2.09. The number of pyridine rings is 6. The molecule has 0 amide bonds. The van der Waals surface area contributed by atoms with Gasteiger partial charge in [0.05, 0.1) is 38.9 Å². The minimum Gasteiger partial charge on any atom is -0.323 e. The maximum absolute atomic E-state index is 4.79. The third kappa shape index (κ3) is 12.2. The summed E-state index contributed by atoms with van der Waals surface area (Å²) in [6, 6.07) is 23.8. The van der Waals surface area contributed by atoms with Gasteiger partial charge < -0.3 is 10.6 Å². The van der Waals surface area contributed by atoms with Crippen molar-refractivity contribution < 1.29 is 0 Å². The van der Waals surface area contributed by atoms with Crippen LogP contribution in [0.25, 0.3) is 55.7 Å². The Morgan fingerprint density at radius 3 is 1.44 bits per heavy atom. The quantitative estimate of drug-likeness (QED) is 0.139. The van der Waals surface area contributed by atoms with E-state index in [-0.39, 0.29) is 0 Å². The van der Waals surface area contributed by atoms with Crippen LogP contribution in [-0.4, -0.2) is 69.9 Å². The standard InChI is InChI=1S/C26H26N8.C15H14BrN5.C11H12BrN3/c1-15(2)19-11-25(32-28-13-19)31-24-7-6-22-23(30-24)10-20(12-27-22)21-14-34(5)33-26(21)18-8-16(3)29-17(4)9-18;1-9(2)10-5-15(21-18-7-10)20-14-4-3-12-13(19-14)6-11(16)8-17-12;1-7-4-9(5-8(2)13-7)11-10(12)6-15(3)14-11/h6-15H,1-5H3,(H,30,31,32);3-9H,1-2H3,(H,19,20,21);4-6H,1-3H3. The second-order valence-electron chi connectivity index (χ2n) is 17.5. The Hall–Kier alpha value is -7.44. The van der Waals surface area contributed by atoms with Crippen molar-refractivity contribution >= 4 is 77.2 Å². The molecule has 2 N–H and O–H groups in total. The van der Waals surface area contributed by atoms with Crippen LogP contribution in [0.2, 0.25) is 0 Å². The third-order valence-electron chi connectivity index (χ3n) is 10.9. The van der Waals surface area contributed by atoms with Crippen LogP contribution < -0.4 is 10.6 Å². The molecule has 70 heavy (non-hydrogen) atoms. The van der Waals surface area contributed by atoms with E-state index < -0.39 is 0 Å². The number of fused-ring (bicyclic) bond motifs is 2. The van der Waals surface area contributed by atoms with E-state index >= 15 is 0 Å². The molecule has 18 heteroatoms. The number of aromatic nitrogens is 14. The zero-order valence-electron chi connectivity index (χ0n) is 40.6. The molecular weight excluding hydrogens is 1010 g/mol. The van der Waals surface area contributed by atoms with E-state index in [2.05, 4.69) is 133 Å². The average Bonchev–Trinajstić information content (AvgIpc) is 3.88. The summed E-state index contributed by atoms with van der Waals surface area (Å²) < 4.78 is 5.53. The van der Waals surface area contributed by atoms with Crippen LogP contribution in [0.3, 0.4) is 0 Å². The summed E-state index contributed by atoms with van der Waals surface area (Å²) in [5.41, 5.74) is 15.4. The van der Waals surface area contributed by atoms with Crippen molar-refractivity contribution in [3.8, 4) is 33.6 Å². The summed E-state index contributed by atoms with van der Waals surface area (Å²) >= 11 is 6.90. The van der Waals surface area contributed by atoms with Crippen LogP contribution in [0.15, 0.2) is 119 Å². The van der Waals surface area contributed by atoms with Gasteiger partial charge in [-0.1, -0.05) is 27.7 Å². The molecule has 0 aliphatic heterocycles. The Balaban J connectivity index is 0.000000155. The van der Waals surface area contributed by atoms with Gasteiger partial charge in [0.1, 0.15) is 23.0 Å². The lowest BCUT2D eigenvalue weighted by atomic mass is 10.0. The van der Waals surface area contributed by atoms with Gasteiger partial charge in [0.25, 0.3) is 0 Å². The molecule has 16 nitrogen and oxygen atoms in total. The highest BCUT2D eigenvalue weighted by atomic mass is 79.9. The van der Waals surface area contributed by atoms with Crippen LogP contribution in [0.5, 0.6) is 0 Å². The minimum absolute atomic E-state index is 0.369. The highest BCUT2D eigenvalue weighted by Crippen LogP contribution is 2.33. The van der Waals surface area contributed by atoms with E-state index in [0.29, 0.717) is 29.3 Å². The van der Waals surface area contributed by atoms with Crippen molar-refractivity contribution in [2.24, 2.45) is 14.1 Å². The lowest BCUT2D eigenvalue weighted by Crippen LogP contribution is -2.00. The summed E-state index contributed by atoms with van der Waals surface area (Å²) in [6.07, 6.45) is 11.2.